The number of nitro benzene ring substituents is 1. The minimum Gasteiger partial charge on any atom is -0.497 e. The molecule has 3 saturated heterocycles. The second-order valence-electron chi connectivity index (χ2n) is 21.4. The molecule has 7 aromatic rings. The highest BCUT2D eigenvalue weighted by atomic mass is 32.2. The number of nitro groups is 1. The van der Waals surface area contributed by atoms with Crippen LogP contribution in [0.25, 0.3) is 22.0 Å². The zero-order valence-corrected chi connectivity index (χ0v) is 44.0. The summed E-state index contributed by atoms with van der Waals surface area (Å²) in [5.74, 6) is -0.738. The summed E-state index contributed by atoms with van der Waals surface area (Å²) in [7, 11) is -3.26. The Hall–Kier alpha value is -7.13. The summed E-state index contributed by atoms with van der Waals surface area (Å²) in [5, 5.41) is 15.8. The molecule has 77 heavy (non-hydrogen) atoms. The lowest BCUT2D eigenvalue weighted by Gasteiger charge is -2.58. The van der Waals surface area contributed by atoms with Crippen molar-refractivity contribution < 1.29 is 45.5 Å². The smallest absolute Gasteiger partial charge is 0.297 e. The molecule has 0 radical (unpaired) electrons. The molecule has 1 spiro atoms. The highest BCUT2D eigenvalue weighted by Crippen LogP contribution is 2.54. The van der Waals surface area contributed by atoms with Crippen molar-refractivity contribution in [3.05, 3.63) is 142 Å². The van der Waals surface area contributed by atoms with E-state index >= 15 is 8.78 Å². The number of amides is 1. The Morgan fingerprint density at radius 3 is 2.48 bits per heavy atom. The number of hydrogen-bond acceptors (Lipinski definition) is 14. The molecule has 3 aromatic heterocycles. The summed E-state index contributed by atoms with van der Waals surface area (Å²) >= 11 is 0. The minimum atomic E-state index is -4.94. The third-order valence-corrected chi connectivity index (χ3v) is 17.7. The van der Waals surface area contributed by atoms with Crippen LogP contribution >= 0.6 is 0 Å². The van der Waals surface area contributed by atoms with E-state index in [1.54, 1.807) is 25.4 Å². The number of aromatic nitrogens is 2. The zero-order chi connectivity index (χ0) is 53.6. The zero-order valence-electron chi connectivity index (χ0n) is 43.2. The predicted octanol–water partition coefficient (Wildman–Crippen LogP) is 10.6. The number of carbonyl (C=O) groups excluding carboxylic acids is 1. The second-order valence-corrected chi connectivity index (χ2v) is 23.0. The van der Waals surface area contributed by atoms with Gasteiger partial charge in [0, 0.05) is 113 Å². The number of H-pyrrole nitrogens is 1. The molecule has 0 bridgehead atoms. The van der Waals surface area contributed by atoms with Gasteiger partial charge in [-0.15, -0.1) is 0 Å². The van der Waals surface area contributed by atoms with Crippen molar-refractivity contribution in [2.75, 3.05) is 69.8 Å². The summed E-state index contributed by atoms with van der Waals surface area (Å²) in [6.07, 6.45) is 8.09. The van der Waals surface area contributed by atoms with Gasteiger partial charge in [0.05, 0.1) is 35.7 Å². The van der Waals surface area contributed by atoms with Crippen LogP contribution in [0.1, 0.15) is 91.4 Å². The lowest BCUT2D eigenvalue weighted by molar-refractivity contribution is -0.384. The second kappa shape index (κ2) is 21.0. The van der Waals surface area contributed by atoms with Crippen LogP contribution in [0, 0.1) is 21.3 Å². The molecule has 1 aliphatic carbocycles. The highest BCUT2D eigenvalue weighted by Gasteiger charge is 2.50. The van der Waals surface area contributed by atoms with Gasteiger partial charge in [-0.1, -0.05) is 50.2 Å². The molecule has 4 aromatic carbocycles. The first-order chi connectivity index (χ1) is 37.1. The molecule has 11 rings (SSSR count). The molecule has 3 aliphatic heterocycles. The maximum absolute atomic E-state index is 16.7. The van der Waals surface area contributed by atoms with Crippen molar-refractivity contribution >= 4 is 55.0 Å². The van der Waals surface area contributed by atoms with E-state index in [1.165, 1.54) is 35.0 Å². The number of furan rings is 1. The SMILES string of the molecule is COc1ccc(CN2CCN(C3CC4(CCN(c5cc(Oc6cnc7[nH]ccc7c6)c(C(=O)NS(=O)(=O)c6cc([N+](=O)[O-])c(NCC7(F)CCOCC7)c7occc67)cc5F)CC4)C3)C(c3ccccc3C(C)C)C2)cc1. The van der Waals surface area contributed by atoms with Crippen LogP contribution in [0.15, 0.2) is 113 Å². The van der Waals surface area contributed by atoms with Crippen LogP contribution < -0.4 is 24.4 Å². The number of ether oxygens (including phenoxy) is 3. The van der Waals surface area contributed by atoms with Gasteiger partial charge in [-0.2, -0.15) is 0 Å². The Kier molecular flexibility index (Phi) is 14.2. The molecule has 1 unspecified atom stereocenters. The van der Waals surface area contributed by atoms with Crippen molar-refractivity contribution in [3.63, 3.8) is 0 Å². The van der Waals surface area contributed by atoms with Crippen LogP contribution in [0.3, 0.4) is 0 Å². The van der Waals surface area contributed by atoms with Crippen molar-refractivity contribution in [1.29, 1.82) is 0 Å². The van der Waals surface area contributed by atoms with Gasteiger partial charge >= 0.3 is 0 Å². The maximum Gasteiger partial charge on any atom is 0.297 e. The average Bonchev–Trinajstić information content (AvgIpc) is 4.19. The summed E-state index contributed by atoms with van der Waals surface area (Å²) in [6, 6.07) is 25.7. The molecule has 3 N–H and O–H groups in total. The molecule has 17 nitrogen and oxygen atoms in total. The van der Waals surface area contributed by atoms with Gasteiger partial charge in [-0.05, 0) is 90.1 Å². The first kappa shape index (κ1) is 51.9. The van der Waals surface area contributed by atoms with Crippen molar-refractivity contribution in [2.45, 2.75) is 87.5 Å². The van der Waals surface area contributed by atoms with Gasteiger partial charge in [-0.25, -0.2) is 26.9 Å². The summed E-state index contributed by atoms with van der Waals surface area (Å²) in [4.78, 5) is 40.0. The van der Waals surface area contributed by atoms with E-state index in [0.717, 1.165) is 76.0 Å². The number of sulfonamides is 1. The van der Waals surface area contributed by atoms with Crippen molar-refractivity contribution in [2.24, 2.45) is 5.41 Å². The lowest BCUT2D eigenvalue weighted by atomic mass is 9.59. The topological polar surface area (TPSA) is 198 Å². The van der Waals surface area contributed by atoms with Crippen molar-refractivity contribution in [1.82, 2.24) is 24.5 Å². The van der Waals surface area contributed by atoms with Crippen LogP contribution in [0.2, 0.25) is 0 Å². The summed E-state index contributed by atoms with van der Waals surface area (Å²) in [5.41, 5.74) is 1.49. The van der Waals surface area contributed by atoms with Gasteiger partial charge in [0.25, 0.3) is 21.6 Å². The highest BCUT2D eigenvalue weighted by molar-refractivity contribution is 7.90. The van der Waals surface area contributed by atoms with Crippen molar-refractivity contribution in [3.8, 4) is 17.2 Å². The van der Waals surface area contributed by atoms with Gasteiger partial charge in [0.15, 0.2) is 11.3 Å². The first-order valence-corrected chi connectivity index (χ1v) is 27.7. The number of alkyl halides is 1. The largest absolute Gasteiger partial charge is 0.497 e. The molecular formula is C57H62F2N8O9S. The molecule has 4 aliphatic rings. The monoisotopic (exact) mass is 1070 g/mol. The number of piperazine rings is 1. The first-order valence-electron chi connectivity index (χ1n) is 26.2. The van der Waals surface area contributed by atoms with Crippen LogP contribution in [0.4, 0.5) is 25.8 Å². The molecule has 6 heterocycles. The molecule has 1 atom stereocenters. The van der Waals surface area contributed by atoms with Crippen LogP contribution in [-0.2, 0) is 21.3 Å². The van der Waals surface area contributed by atoms with Gasteiger partial charge < -0.3 is 33.8 Å². The Bertz CT molecular complexity index is 3440. The molecular weight excluding hydrogens is 1010 g/mol. The van der Waals surface area contributed by atoms with Gasteiger partial charge in [0.2, 0.25) is 0 Å². The summed E-state index contributed by atoms with van der Waals surface area (Å²) < 4.78 is 85.4. The quantitative estimate of drug-likeness (QED) is 0.0610. The molecule has 1 saturated carbocycles. The van der Waals surface area contributed by atoms with E-state index in [9.17, 15) is 23.3 Å². The molecule has 20 heteroatoms. The van der Waals surface area contributed by atoms with Gasteiger partial charge in [-0.3, -0.25) is 24.7 Å². The van der Waals surface area contributed by atoms with E-state index in [-0.39, 0.29) is 77.9 Å². The Labute approximate surface area is 445 Å². The number of anilines is 2. The number of fused-ring (bicyclic) bond motifs is 2. The number of nitrogens with one attached hydrogen (secondary N) is 3. The van der Waals surface area contributed by atoms with Crippen LogP contribution in [0.5, 0.6) is 17.2 Å². The number of methoxy groups -OCH3 is 1. The van der Waals surface area contributed by atoms with Crippen LogP contribution in [-0.4, -0.2) is 110 Å². The fraction of sp³-hybridized carbons (Fsp3) is 0.404. The third-order valence-electron chi connectivity index (χ3n) is 16.3. The minimum absolute atomic E-state index is 0.0551. The number of carbonyl (C=O) groups is 1. The Balaban J connectivity index is 0.823. The Morgan fingerprint density at radius 2 is 1.74 bits per heavy atom. The Morgan fingerprint density at radius 1 is 0.974 bits per heavy atom. The molecule has 404 valence electrons. The number of aromatic amines is 1. The number of halogens is 2. The molecule has 1 amide bonds. The summed E-state index contributed by atoms with van der Waals surface area (Å²) in [6.45, 7) is 9.28. The van der Waals surface area contributed by atoms with E-state index in [0.29, 0.717) is 36.1 Å². The number of hydrogen-bond donors (Lipinski definition) is 3. The maximum atomic E-state index is 16.7. The predicted molar refractivity (Wildman–Crippen MR) is 288 cm³/mol. The van der Waals surface area contributed by atoms with E-state index in [4.69, 9.17) is 18.6 Å². The average molecular weight is 1070 g/mol. The molecule has 4 fully saturated rings. The van der Waals surface area contributed by atoms with Gasteiger partial charge in [0.1, 0.15) is 39.3 Å². The third kappa shape index (κ3) is 10.5. The number of rotatable bonds is 16. The van der Waals surface area contributed by atoms with E-state index in [2.05, 4.69) is 75.3 Å². The lowest BCUT2D eigenvalue weighted by Crippen LogP contribution is -2.60. The van der Waals surface area contributed by atoms with E-state index < -0.39 is 48.5 Å². The fourth-order valence-corrected chi connectivity index (χ4v) is 13.2. The number of piperidine rings is 1. The normalized spacial score (nSPS) is 19.1. The number of nitrogens with zero attached hydrogens (tertiary/aromatic N) is 5. The van der Waals surface area contributed by atoms with E-state index in [1.807, 2.05) is 21.8 Å². The fourth-order valence-electron chi connectivity index (χ4n) is 12.0. The standard InChI is InChI=1S/C57H62F2N8O9S/c1-36(2)42-6-4-5-7-43(42)49-34-64(33-37-8-10-40(73-3)11-9-37)21-22-66(49)39-30-56(31-39)14-19-65(20-15-56)47-28-50(76-41-26-38-12-18-60-54(38)61-32-41)45(27-46(47)58)55(68)63-77(71,72)51-29-48(67(69)70)52(53-44(51)13-23-75-53)62-35-57(59)16-24-74-25-17-57/h4-13,18,23,26-29,32,36,39,49,62H,14-17,19-22,24-25,30-31,33-35H2,1-3H3,(H,60,61)(H,63,68). The number of benzene rings is 4. The number of pyridine rings is 1.